The largest absolute Gasteiger partial charge is 0.457 e. The first kappa shape index (κ1) is 18.6. The Hall–Kier alpha value is -3.73. The topological polar surface area (TPSA) is 60.7 Å². The van der Waals surface area contributed by atoms with E-state index < -0.39 is 0 Å². The van der Waals surface area contributed by atoms with E-state index in [1.807, 2.05) is 60.7 Å². The minimum atomic E-state index is -0.0963. The van der Waals surface area contributed by atoms with E-state index in [1.54, 1.807) is 19.3 Å². The number of aryl methyl sites for hydroxylation is 1. The van der Waals surface area contributed by atoms with Gasteiger partial charge in [0.05, 0.1) is 11.4 Å². The molecule has 3 aromatic rings. The monoisotopic (exact) mass is 384 g/mol. The van der Waals surface area contributed by atoms with Crippen LogP contribution < -0.4 is 10.3 Å². The van der Waals surface area contributed by atoms with Crippen molar-refractivity contribution in [2.75, 3.05) is 0 Å². The van der Waals surface area contributed by atoms with Gasteiger partial charge < -0.3 is 9.30 Å². The summed E-state index contributed by atoms with van der Waals surface area (Å²) in [7, 11) is 1.67. The zero-order valence-corrected chi connectivity index (χ0v) is 16.0. The smallest absolute Gasteiger partial charge is 0.250 e. The quantitative estimate of drug-likeness (QED) is 0.641. The van der Waals surface area contributed by atoms with Gasteiger partial charge in [-0.3, -0.25) is 9.59 Å². The molecule has 0 amide bonds. The Kier molecular flexibility index (Phi) is 5.20. The van der Waals surface area contributed by atoms with Crippen LogP contribution in [0.1, 0.15) is 17.5 Å². The Morgan fingerprint density at radius 1 is 1.03 bits per heavy atom. The summed E-state index contributed by atoms with van der Waals surface area (Å²) in [6, 6.07) is 20.4. The van der Waals surface area contributed by atoms with Crippen molar-refractivity contribution in [2.24, 2.45) is 12.0 Å². The molecule has 0 bridgehead atoms. The molecule has 4 rings (SSSR count). The van der Waals surface area contributed by atoms with Gasteiger partial charge in [-0.1, -0.05) is 42.5 Å². The highest BCUT2D eigenvalue weighted by atomic mass is 16.5. The predicted octanol–water partition coefficient (Wildman–Crippen LogP) is 4.18. The highest BCUT2D eigenvalue weighted by Crippen LogP contribution is 2.28. The van der Waals surface area contributed by atoms with Gasteiger partial charge in [0.1, 0.15) is 11.5 Å². The number of pyridine rings is 1. The lowest BCUT2D eigenvalue weighted by molar-refractivity contribution is -0.112. The van der Waals surface area contributed by atoms with Crippen molar-refractivity contribution in [3.63, 3.8) is 0 Å². The summed E-state index contributed by atoms with van der Waals surface area (Å²) in [5, 5.41) is 0. The van der Waals surface area contributed by atoms with Crippen LogP contribution in [0.15, 0.2) is 88.8 Å². The number of hydrogen-bond acceptors (Lipinski definition) is 4. The highest BCUT2D eigenvalue weighted by Gasteiger charge is 2.18. The number of aromatic nitrogens is 1. The zero-order chi connectivity index (χ0) is 20.2. The fourth-order valence-corrected chi connectivity index (χ4v) is 3.18. The number of allylic oxidation sites excluding steroid dienone is 1. The molecule has 2 heterocycles. The molecule has 1 aromatic heterocycles. The van der Waals surface area contributed by atoms with Crippen LogP contribution in [0.5, 0.6) is 11.5 Å². The van der Waals surface area contributed by atoms with Crippen molar-refractivity contribution >= 4 is 17.2 Å². The molecule has 0 saturated heterocycles. The molecule has 5 nitrogen and oxygen atoms in total. The standard InChI is InChI=1S/C24H20N2O3/c1-26-16-17(10-13-24(26)28)14-23(27)22-12-11-21(25-22)18-6-5-9-20(15-18)29-19-7-3-2-4-8-19/h2-11,13,15-16H,12,14H2,1H3. The summed E-state index contributed by atoms with van der Waals surface area (Å²) in [6.07, 6.45) is 4.37. The molecule has 0 unspecified atom stereocenters. The molecule has 2 aromatic carbocycles. The Balaban J connectivity index is 1.47. The van der Waals surface area contributed by atoms with Gasteiger partial charge in [0.15, 0.2) is 5.78 Å². The van der Waals surface area contributed by atoms with Crippen LogP contribution in [0.4, 0.5) is 0 Å². The van der Waals surface area contributed by atoms with E-state index in [9.17, 15) is 9.59 Å². The number of ketones is 1. The first-order valence-corrected chi connectivity index (χ1v) is 9.38. The lowest BCUT2D eigenvalue weighted by Crippen LogP contribution is -2.18. The van der Waals surface area contributed by atoms with Crippen molar-refractivity contribution in [3.05, 3.63) is 100 Å². The second-order valence-corrected chi connectivity index (χ2v) is 6.88. The average molecular weight is 384 g/mol. The first-order valence-electron chi connectivity index (χ1n) is 9.38. The maximum atomic E-state index is 12.6. The van der Waals surface area contributed by atoms with Gasteiger partial charge in [0, 0.05) is 37.7 Å². The molecule has 0 aliphatic carbocycles. The number of ether oxygens (including phenoxy) is 1. The SMILES string of the molecule is Cn1cc(CC(=O)C2=NC(c3cccc(Oc4ccccc4)c3)=CC2)ccc1=O. The third kappa shape index (κ3) is 4.41. The van der Waals surface area contributed by atoms with E-state index in [0.29, 0.717) is 12.1 Å². The Morgan fingerprint density at radius 3 is 2.62 bits per heavy atom. The van der Waals surface area contributed by atoms with Crippen LogP contribution >= 0.6 is 0 Å². The predicted molar refractivity (Wildman–Crippen MR) is 113 cm³/mol. The molecule has 144 valence electrons. The summed E-state index contributed by atoms with van der Waals surface area (Å²) in [5.74, 6) is 1.45. The molecule has 1 aliphatic heterocycles. The van der Waals surface area contributed by atoms with Crippen LogP contribution in [-0.4, -0.2) is 16.1 Å². The minimum absolute atomic E-state index is 0.0356. The van der Waals surface area contributed by atoms with Gasteiger partial charge in [-0.15, -0.1) is 0 Å². The van der Waals surface area contributed by atoms with E-state index in [-0.39, 0.29) is 17.8 Å². The molecule has 0 saturated carbocycles. The van der Waals surface area contributed by atoms with E-state index in [2.05, 4.69) is 4.99 Å². The minimum Gasteiger partial charge on any atom is -0.457 e. The number of Topliss-reactive ketones (excluding diaryl/α,β-unsaturated/α-hetero) is 1. The lowest BCUT2D eigenvalue weighted by atomic mass is 10.1. The van der Waals surface area contributed by atoms with Crippen molar-refractivity contribution in [1.29, 1.82) is 0 Å². The number of carbonyl (C=O) groups excluding carboxylic acids is 1. The van der Waals surface area contributed by atoms with Gasteiger partial charge in [-0.2, -0.15) is 0 Å². The molecule has 1 aliphatic rings. The van der Waals surface area contributed by atoms with Crippen LogP contribution in [-0.2, 0) is 18.3 Å². The van der Waals surface area contributed by atoms with Gasteiger partial charge in [0.25, 0.3) is 0 Å². The number of aliphatic imine (C=N–C) groups is 1. The highest BCUT2D eigenvalue weighted by molar-refractivity contribution is 6.42. The average Bonchev–Trinajstić information content (AvgIpc) is 3.22. The number of rotatable bonds is 6. The number of nitrogens with zero attached hydrogens (tertiary/aromatic N) is 2. The lowest BCUT2D eigenvalue weighted by Gasteiger charge is -2.07. The molecule has 0 N–H and O–H groups in total. The maximum absolute atomic E-state index is 12.6. The van der Waals surface area contributed by atoms with E-state index in [0.717, 1.165) is 28.3 Å². The fourth-order valence-electron chi connectivity index (χ4n) is 3.18. The normalized spacial score (nSPS) is 13.0. The number of hydrogen-bond donors (Lipinski definition) is 0. The second kappa shape index (κ2) is 8.10. The van der Waals surface area contributed by atoms with E-state index in [4.69, 9.17) is 4.74 Å². The Labute approximate surface area is 168 Å². The van der Waals surface area contributed by atoms with Crippen LogP contribution in [0, 0.1) is 0 Å². The summed E-state index contributed by atoms with van der Waals surface area (Å²) >= 11 is 0. The number of carbonyl (C=O) groups is 1. The zero-order valence-electron chi connectivity index (χ0n) is 16.0. The van der Waals surface area contributed by atoms with Crippen molar-refractivity contribution in [3.8, 4) is 11.5 Å². The third-order valence-corrected chi connectivity index (χ3v) is 4.69. The van der Waals surface area contributed by atoms with Crippen LogP contribution in [0.25, 0.3) is 5.70 Å². The first-order chi connectivity index (χ1) is 14.1. The molecule has 29 heavy (non-hydrogen) atoms. The molecule has 0 spiro atoms. The van der Waals surface area contributed by atoms with Gasteiger partial charge in [0.2, 0.25) is 5.56 Å². The number of para-hydroxylation sites is 1. The van der Waals surface area contributed by atoms with Gasteiger partial charge in [-0.05, 0) is 29.8 Å². The summed E-state index contributed by atoms with van der Waals surface area (Å²) < 4.78 is 7.36. The maximum Gasteiger partial charge on any atom is 0.250 e. The number of benzene rings is 2. The molecule has 5 heteroatoms. The molecule has 0 radical (unpaired) electrons. The van der Waals surface area contributed by atoms with E-state index >= 15 is 0 Å². The van der Waals surface area contributed by atoms with E-state index in [1.165, 1.54) is 10.6 Å². The summed E-state index contributed by atoms with van der Waals surface area (Å²) in [4.78, 5) is 28.7. The summed E-state index contributed by atoms with van der Waals surface area (Å²) in [5.41, 5.74) is 2.91. The van der Waals surface area contributed by atoms with Crippen molar-refractivity contribution < 1.29 is 9.53 Å². The summed E-state index contributed by atoms with van der Waals surface area (Å²) in [6.45, 7) is 0. The van der Waals surface area contributed by atoms with Gasteiger partial charge in [-0.25, -0.2) is 4.99 Å². The molecular weight excluding hydrogens is 364 g/mol. The molecule has 0 fully saturated rings. The van der Waals surface area contributed by atoms with Crippen molar-refractivity contribution in [2.45, 2.75) is 12.8 Å². The van der Waals surface area contributed by atoms with Crippen LogP contribution in [0.3, 0.4) is 0 Å². The van der Waals surface area contributed by atoms with Crippen molar-refractivity contribution in [1.82, 2.24) is 4.57 Å². The Morgan fingerprint density at radius 2 is 1.83 bits per heavy atom. The Bertz CT molecular complexity index is 1170. The second-order valence-electron chi connectivity index (χ2n) is 6.88. The molecule has 0 atom stereocenters. The fraction of sp³-hybridized carbons (Fsp3) is 0.125. The molecular formula is C24H20N2O3. The third-order valence-electron chi connectivity index (χ3n) is 4.69. The van der Waals surface area contributed by atoms with Gasteiger partial charge >= 0.3 is 0 Å². The van der Waals surface area contributed by atoms with Crippen LogP contribution in [0.2, 0.25) is 0 Å².